The molecule has 0 N–H and O–H groups in total. The van der Waals surface area contributed by atoms with Crippen LogP contribution in [0.15, 0.2) is 177 Å². The topological polar surface area (TPSA) is 0 Å². The molecule has 8 aromatic rings. The summed E-state index contributed by atoms with van der Waals surface area (Å²) in [7, 11) is 0. The van der Waals surface area contributed by atoms with E-state index in [-0.39, 0.29) is 0 Å². The van der Waals surface area contributed by atoms with E-state index in [1.807, 2.05) is 23.5 Å². The summed E-state index contributed by atoms with van der Waals surface area (Å²) in [4.78, 5) is 5.34. The van der Waals surface area contributed by atoms with Gasteiger partial charge in [0, 0.05) is 19.6 Å². The maximum atomic E-state index is 2.39. The molecule has 206 valence electrons. The van der Waals surface area contributed by atoms with E-state index in [9.17, 15) is 0 Å². The Balaban J connectivity index is 1.14. The molecule has 0 aliphatic carbocycles. The molecule has 0 atom stereocenters. The Morgan fingerprint density at radius 1 is 0.227 bits per heavy atom. The first-order chi connectivity index (χ1) is 21.8. The first kappa shape index (κ1) is 25.7. The maximum absolute atomic E-state index is 2.39. The summed E-state index contributed by atoms with van der Waals surface area (Å²) in [6.45, 7) is 0. The van der Waals surface area contributed by atoms with Crippen molar-refractivity contribution in [3.63, 3.8) is 0 Å². The van der Waals surface area contributed by atoms with Crippen LogP contribution in [0.2, 0.25) is 0 Å². The zero-order valence-electron chi connectivity index (χ0n) is 23.8. The zero-order valence-corrected chi connectivity index (χ0v) is 25.5. The highest BCUT2D eigenvalue weighted by molar-refractivity contribution is 8.05. The minimum absolute atomic E-state index is 1.23. The number of hydrogen-bond acceptors (Lipinski definition) is 2. The summed E-state index contributed by atoms with van der Waals surface area (Å²) in [5.41, 5.74) is 7.46. The Hall–Kier alpha value is -4.76. The molecule has 0 unspecified atom stereocenters. The van der Waals surface area contributed by atoms with Gasteiger partial charge in [0.2, 0.25) is 0 Å². The van der Waals surface area contributed by atoms with E-state index < -0.39 is 0 Å². The summed E-state index contributed by atoms with van der Waals surface area (Å²) >= 11 is 3.74. The lowest BCUT2D eigenvalue weighted by Gasteiger charge is -2.19. The first-order valence-electron chi connectivity index (χ1n) is 14.9. The summed E-state index contributed by atoms with van der Waals surface area (Å²) in [5.74, 6) is 0. The van der Waals surface area contributed by atoms with E-state index in [0.717, 1.165) is 0 Å². The van der Waals surface area contributed by atoms with Crippen molar-refractivity contribution < 1.29 is 0 Å². The fourth-order valence-electron chi connectivity index (χ4n) is 6.53. The Morgan fingerprint density at radius 3 is 1.32 bits per heavy atom. The third-order valence-corrected chi connectivity index (χ3v) is 11.2. The molecule has 0 radical (unpaired) electrons. The second-order valence-electron chi connectivity index (χ2n) is 11.3. The van der Waals surface area contributed by atoms with Gasteiger partial charge in [0.15, 0.2) is 0 Å². The monoisotopic (exact) mass is 594 g/mol. The number of rotatable bonds is 3. The van der Waals surface area contributed by atoms with E-state index in [4.69, 9.17) is 0 Å². The van der Waals surface area contributed by atoms with Crippen LogP contribution in [0.1, 0.15) is 0 Å². The van der Waals surface area contributed by atoms with E-state index >= 15 is 0 Å². The molecule has 1 aliphatic heterocycles. The molecule has 0 fully saturated rings. The van der Waals surface area contributed by atoms with Crippen LogP contribution >= 0.6 is 23.5 Å². The van der Waals surface area contributed by atoms with Gasteiger partial charge in [-0.1, -0.05) is 139 Å². The molecule has 1 aliphatic rings. The molecule has 2 heteroatoms. The number of benzene rings is 8. The summed E-state index contributed by atoms with van der Waals surface area (Å²) in [6.07, 6.45) is 0. The van der Waals surface area contributed by atoms with Crippen LogP contribution in [-0.2, 0) is 0 Å². The van der Waals surface area contributed by atoms with Crippen LogP contribution in [0, 0.1) is 0 Å². The van der Waals surface area contributed by atoms with Gasteiger partial charge in [-0.2, -0.15) is 0 Å². The average molecular weight is 595 g/mol. The molecular weight excluding hydrogens is 569 g/mol. The summed E-state index contributed by atoms with van der Waals surface area (Å²) in [6, 6.07) is 58.0. The highest BCUT2D eigenvalue weighted by Gasteiger charge is 2.17. The minimum Gasteiger partial charge on any atom is -0.0877 e. The van der Waals surface area contributed by atoms with Gasteiger partial charge in [0.25, 0.3) is 0 Å². The van der Waals surface area contributed by atoms with Crippen molar-refractivity contribution in [1.29, 1.82) is 0 Å². The van der Waals surface area contributed by atoms with Crippen LogP contribution in [0.4, 0.5) is 0 Å². The average Bonchev–Trinajstić information content (AvgIpc) is 3.10. The Labute approximate surface area is 265 Å². The van der Waals surface area contributed by atoms with Crippen LogP contribution in [0.25, 0.3) is 65.7 Å². The van der Waals surface area contributed by atoms with Crippen LogP contribution in [0.5, 0.6) is 0 Å². The second kappa shape index (κ2) is 10.4. The molecule has 0 spiro atoms. The van der Waals surface area contributed by atoms with Gasteiger partial charge in [-0.25, -0.2) is 0 Å². The first-order valence-corrected chi connectivity index (χ1v) is 16.6. The van der Waals surface area contributed by atoms with Crippen molar-refractivity contribution in [1.82, 2.24) is 0 Å². The van der Waals surface area contributed by atoms with E-state index in [2.05, 4.69) is 158 Å². The summed E-state index contributed by atoms with van der Waals surface area (Å²) < 4.78 is 0. The van der Waals surface area contributed by atoms with Gasteiger partial charge in [0.1, 0.15) is 0 Å². The number of fused-ring (bicyclic) bond motifs is 8. The van der Waals surface area contributed by atoms with Crippen molar-refractivity contribution in [2.45, 2.75) is 19.6 Å². The lowest BCUT2D eigenvalue weighted by Crippen LogP contribution is -1.90. The van der Waals surface area contributed by atoms with E-state index in [0.29, 0.717) is 0 Å². The quantitative estimate of drug-likeness (QED) is 0.187. The molecule has 0 amide bonds. The molecule has 9 rings (SSSR count). The molecule has 0 nitrogen and oxygen atoms in total. The van der Waals surface area contributed by atoms with Gasteiger partial charge in [0.05, 0.1) is 0 Å². The van der Waals surface area contributed by atoms with Gasteiger partial charge in [-0.15, -0.1) is 0 Å². The molecule has 0 saturated heterocycles. The predicted molar refractivity (Wildman–Crippen MR) is 190 cm³/mol. The van der Waals surface area contributed by atoms with Gasteiger partial charge < -0.3 is 0 Å². The zero-order chi connectivity index (χ0) is 29.0. The Kier molecular flexibility index (Phi) is 6.11. The van der Waals surface area contributed by atoms with Gasteiger partial charge >= 0.3 is 0 Å². The van der Waals surface area contributed by atoms with Crippen molar-refractivity contribution in [2.24, 2.45) is 0 Å². The summed E-state index contributed by atoms with van der Waals surface area (Å²) in [5, 5.41) is 7.78. The minimum atomic E-state index is 1.23. The standard InChI is InChI=1S/C42H26S2/c1-2-9-27(10-3-1)30-17-20-35-36-21-18-31(25-38(36)34-14-5-4-13-33(34)37(35)24-30)28-11-8-12-29(23-28)32-19-22-41-42(26-32)44-40-16-7-6-15-39(40)43-41/h1-26H. The van der Waals surface area contributed by atoms with Crippen molar-refractivity contribution in [3.8, 4) is 33.4 Å². The maximum Gasteiger partial charge on any atom is 0.0268 e. The largest absolute Gasteiger partial charge is 0.0877 e. The number of hydrogen-bond donors (Lipinski definition) is 0. The Morgan fingerprint density at radius 2 is 0.659 bits per heavy atom. The fraction of sp³-hybridized carbons (Fsp3) is 0. The lowest BCUT2D eigenvalue weighted by molar-refractivity contribution is 1.16. The molecule has 1 heterocycles. The third kappa shape index (κ3) is 4.33. The normalized spacial score (nSPS) is 12.4. The molecule has 0 saturated carbocycles. The third-order valence-electron chi connectivity index (χ3n) is 8.71. The second-order valence-corrected chi connectivity index (χ2v) is 13.5. The van der Waals surface area contributed by atoms with E-state index in [1.54, 1.807) is 0 Å². The van der Waals surface area contributed by atoms with Crippen molar-refractivity contribution in [2.75, 3.05) is 0 Å². The van der Waals surface area contributed by atoms with Crippen molar-refractivity contribution >= 4 is 55.8 Å². The molecule has 0 bridgehead atoms. The highest BCUT2D eigenvalue weighted by atomic mass is 32.2. The Bertz CT molecular complexity index is 2370. The van der Waals surface area contributed by atoms with Crippen LogP contribution in [-0.4, -0.2) is 0 Å². The molecule has 8 aromatic carbocycles. The smallest absolute Gasteiger partial charge is 0.0268 e. The van der Waals surface area contributed by atoms with Gasteiger partial charge in [-0.05, 0) is 108 Å². The van der Waals surface area contributed by atoms with Crippen molar-refractivity contribution in [3.05, 3.63) is 158 Å². The predicted octanol–water partition coefficient (Wildman–Crippen LogP) is 12.8. The van der Waals surface area contributed by atoms with Crippen LogP contribution < -0.4 is 0 Å². The fourth-order valence-corrected chi connectivity index (χ4v) is 8.79. The molecular formula is C42H26S2. The highest BCUT2D eigenvalue weighted by Crippen LogP contribution is 2.49. The van der Waals surface area contributed by atoms with E-state index in [1.165, 1.54) is 85.3 Å². The van der Waals surface area contributed by atoms with Crippen LogP contribution in [0.3, 0.4) is 0 Å². The van der Waals surface area contributed by atoms with Gasteiger partial charge in [-0.3, -0.25) is 0 Å². The SMILES string of the molecule is c1ccc(-c2ccc3c4ccc(-c5cccc(-c6ccc7c(c6)Sc6ccccc6S7)c5)cc4c4ccccc4c3c2)cc1. The molecule has 0 aromatic heterocycles. The molecule has 44 heavy (non-hydrogen) atoms. The lowest BCUT2D eigenvalue weighted by atomic mass is 9.90.